The summed E-state index contributed by atoms with van der Waals surface area (Å²) >= 11 is 0. The SMILES string of the molecule is O=C(O)[C@H](CCc1ccccc1)N[C@H]1Cc2c(cccc2[N+](=O)[O-])[C@H]2CCC[C@@H](C(=O)O)N2C1=O. The van der Waals surface area contributed by atoms with Gasteiger partial charge < -0.3 is 15.1 Å². The van der Waals surface area contributed by atoms with Crippen LogP contribution in [0.25, 0.3) is 0 Å². The summed E-state index contributed by atoms with van der Waals surface area (Å²) in [5.41, 5.74) is 1.68. The van der Waals surface area contributed by atoms with Crippen LogP contribution in [-0.2, 0) is 27.2 Å². The second-order valence-corrected chi connectivity index (χ2v) is 8.99. The Morgan fingerprint density at radius 2 is 1.86 bits per heavy atom. The molecule has 1 saturated heterocycles. The number of nitrogens with one attached hydrogen (secondary N) is 1. The molecule has 0 aliphatic carbocycles. The Hall–Kier alpha value is -3.79. The van der Waals surface area contributed by atoms with Crippen LogP contribution in [-0.4, -0.2) is 56.0 Å². The van der Waals surface area contributed by atoms with E-state index >= 15 is 0 Å². The van der Waals surface area contributed by atoms with Gasteiger partial charge in [-0.1, -0.05) is 42.5 Å². The number of aliphatic carboxylic acids is 2. The zero-order chi connectivity index (χ0) is 25.1. The number of rotatable bonds is 8. The number of hydrogen-bond donors (Lipinski definition) is 3. The molecule has 3 N–H and O–H groups in total. The first-order chi connectivity index (χ1) is 16.8. The third-order valence-electron chi connectivity index (χ3n) is 6.88. The van der Waals surface area contributed by atoms with E-state index in [2.05, 4.69) is 5.32 Å². The highest BCUT2D eigenvalue weighted by Crippen LogP contribution is 2.41. The molecule has 0 aromatic heterocycles. The third kappa shape index (κ3) is 5.02. The molecular formula is C25H27N3O7. The molecule has 2 aromatic carbocycles. The predicted octanol–water partition coefficient (Wildman–Crippen LogP) is 2.70. The molecule has 10 heteroatoms. The van der Waals surface area contributed by atoms with E-state index in [-0.39, 0.29) is 24.9 Å². The van der Waals surface area contributed by atoms with Gasteiger partial charge in [-0.3, -0.25) is 25.0 Å². The number of benzene rings is 2. The number of hydrogen-bond acceptors (Lipinski definition) is 6. The summed E-state index contributed by atoms with van der Waals surface area (Å²) in [6.45, 7) is 0. The summed E-state index contributed by atoms with van der Waals surface area (Å²) < 4.78 is 0. The third-order valence-corrected chi connectivity index (χ3v) is 6.88. The largest absolute Gasteiger partial charge is 0.480 e. The van der Waals surface area contributed by atoms with Crippen molar-refractivity contribution in [3.05, 3.63) is 75.3 Å². The molecule has 35 heavy (non-hydrogen) atoms. The number of fused-ring (bicyclic) bond motifs is 3. The summed E-state index contributed by atoms with van der Waals surface area (Å²) in [7, 11) is 0. The minimum Gasteiger partial charge on any atom is -0.480 e. The highest BCUT2D eigenvalue weighted by Gasteiger charge is 2.46. The Bertz CT molecular complexity index is 1140. The lowest BCUT2D eigenvalue weighted by Crippen LogP contribution is -2.57. The highest BCUT2D eigenvalue weighted by atomic mass is 16.6. The fraction of sp³-hybridized carbons (Fsp3) is 0.400. The van der Waals surface area contributed by atoms with Crippen molar-refractivity contribution >= 4 is 23.5 Å². The number of carboxylic acids is 2. The molecule has 1 amide bonds. The van der Waals surface area contributed by atoms with Crippen LogP contribution in [0.3, 0.4) is 0 Å². The van der Waals surface area contributed by atoms with Crippen molar-refractivity contribution in [3.63, 3.8) is 0 Å². The average molecular weight is 482 g/mol. The zero-order valence-corrected chi connectivity index (χ0v) is 19.0. The maximum absolute atomic E-state index is 13.7. The number of carbonyl (C=O) groups excluding carboxylic acids is 1. The number of nitrogens with zero attached hydrogens (tertiary/aromatic N) is 2. The van der Waals surface area contributed by atoms with Gasteiger partial charge in [-0.15, -0.1) is 0 Å². The van der Waals surface area contributed by atoms with Crippen LogP contribution >= 0.6 is 0 Å². The van der Waals surface area contributed by atoms with Gasteiger partial charge in [0.1, 0.15) is 12.1 Å². The topological polar surface area (TPSA) is 150 Å². The summed E-state index contributed by atoms with van der Waals surface area (Å²) in [6, 6.07) is 10.0. The number of carboxylic acid groups (broad SMARTS) is 2. The van der Waals surface area contributed by atoms with Crippen molar-refractivity contribution in [2.75, 3.05) is 0 Å². The highest BCUT2D eigenvalue weighted by molar-refractivity contribution is 5.89. The van der Waals surface area contributed by atoms with Crippen LogP contribution in [0, 0.1) is 10.1 Å². The Morgan fingerprint density at radius 3 is 2.51 bits per heavy atom. The van der Waals surface area contributed by atoms with Gasteiger partial charge >= 0.3 is 11.9 Å². The predicted molar refractivity (Wildman–Crippen MR) is 125 cm³/mol. The van der Waals surface area contributed by atoms with Gasteiger partial charge in [0, 0.05) is 18.1 Å². The van der Waals surface area contributed by atoms with E-state index in [0.717, 1.165) is 5.56 Å². The number of nitro benzene ring substituents is 1. The summed E-state index contributed by atoms with van der Waals surface area (Å²) in [5.74, 6) is -2.83. The van der Waals surface area contributed by atoms with Gasteiger partial charge in [0.05, 0.1) is 17.0 Å². The summed E-state index contributed by atoms with van der Waals surface area (Å²) in [5, 5.41) is 34.4. The molecule has 184 valence electrons. The van der Waals surface area contributed by atoms with Crippen LogP contribution in [0.1, 0.15) is 48.4 Å². The van der Waals surface area contributed by atoms with Gasteiger partial charge in [0.15, 0.2) is 0 Å². The van der Waals surface area contributed by atoms with Crippen LogP contribution in [0.15, 0.2) is 48.5 Å². The molecule has 1 fully saturated rings. The van der Waals surface area contributed by atoms with Crippen LogP contribution < -0.4 is 5.32 Å². The summed E-state index contributed by atoms with van der Waals surface area (Å²) in [4.78, 5) is 50.4. The fourth-order valence-electron chi connectivity index (χ4n) is 5.23. The zero-order valence-electron chi connectivity index (χ0n) is 19.0. The normalized spacial score (nSPS) is 22.5. The number of amides is 1. The smallest absolute Gasteiger partial charge is 0.326 e. The molecule has 2 aromatic rings. The van der Waals surface area contributed by atoms with Crippen molar-refractivity contribution in [2.45, 2.75) is 62.7 Å². The lowest BCUT2D eigenvalue weighted by atomic mass is 9.88. The molecule has 4 rings (SSSR count). The van der Waals surface area contributed by atoms with E-state index in [9.17, 15) is 34.7 Å². The van der Waals surface area contributed by atoms with Crippen molar-refractivity contribution in [1.29, 1.82) is 0 Å². The molecule has 10 nitrogen and oxygen atoms in total. The number of carbonyl (C=O) groups is 3. The molecule has 0 spiro atoms. The van der Waals surface area contributed by atoms with Gasteiger partial charge in [-0.05, 0) is 43.2 Å². The van der Waals surface area contributed by atoms with E-state index < -0.39 is 46.9 Å². The molecule has 0 unspecified atom stereocenters. The molecule has 4 atom stereocenters. The molecule has 0 bridgehead atoms. The average Bonchev–Trinajstić information content (AvgIpc) is 2.96. The molecule has 0 radical (unpaired) electrons. The maximum atomic E-state index is 13.7. The number of piperidine rings is 1. The van der Waals surface area contributed by atoms with Crippen LogP contribution in [0.4, 0.5) is 5.69 Å². The second kappa shape index (κ2) is 10.2. The lowest BCUT2D eigenvalue weighted by molar-refractivity contribution is -0.385. The minimum absolute atomic E-state index is 0.0974. The van der Waals surface area contributed by atoms with Crippen molar-refractivity contribution in [3.8, 4) is 0 Å². The van der Waals surface area contributed by atoms with Crippen LogP contribution in [0.5, 0.6) is 0 Å². The Balaban J connectivity index is 1.70. The van der Waals surface area contributed by atoms with Gasteiger partial charge in [-0.25, -0.2) is 4.79 Å². The second-order valence-electron chi connectivity index (χ2n) is 8.99. The van der Waals surface area contributed by atoms with Gasteiger partial charge in [0.2, 0.25) is 5.91 Å². The van der Waals surface area contributed by atoms with E-state index in [4.69, 9.17) is 0 Å². The van der Waals surface area contributed by atoms with E-state index in [1.807, 2.05) is 30.3 Å². The molecule has 2 heterocycles. The molecule has 2 aliphatic heterocycles. The first-order valence-corrected chi connectivity index (χ1v) is 11.6. The monoisotopic (exact) mass is 481 g/mol. The molecular weight excluding hydrogens is 454 g/mol. The maximum Gasteiger partial charge on any atom is 0.326 e. The first-order valence-electron chi connectivity index (χ1n) is 11.6. The minimum atomic E-state index is -1.15. The summed E-state index contributed by atoms with van der Waals surface area (Å²) in [6.07, 6.45) is 1.85. The number of nitro groups is 1. The fourth-order valence-corrected chi connectivity index (χ4v) is 5.23. The van der Waals surface area contributed by atoms with Gasteiger partial charge in [0.25, 0.3) is 5.69 Å². The standard InChI is InChI=1S/C25H27N3O7/c29-23-19(26-18(24(30)31)13-12-15-6-2-1-3-7-15)14-17-16(8-4-10-21(17)28(34)35)20-9-5-11-22(25(32)33)27(20)23/h1-4,6-8,10,18-20,22,26H,5,9,11-14H2,(H,30,31)(H,32,33)/t18-,19-,20+,22-/m0/s1. The lowest BCUT2D eigenvalue weighted by Gasteiger charge is -2.40. The molecule has 2 aliphatic rings. The number of aryl methyl sites for hydroxylation is 1. The van der Waals surface area contributed by atoms with Crippen molar-refractivity contribution in [1.82, 2.24) is 10.2 Å². The molecule has 0 saturated carbocycles. The van der Waals surface area contributed by atoms with Crippen molar-refractivity contribution in [2.24, 2.45) is 0 Å². The van der Waals surface area contributed by atoms with E-state index in [1.165, 1.54) is 17.0 Å². The van der Waals surface area contributed by atoms with E-state index in [1.54, 1.807) is 6.07 Å². The quantitative estimate of drug-likeness (QED) is 0.385. The van der Waals surface area contributed by atoms with E-state index in [0.29, 0.717) is 30.4 Å². The van der Waals surface area contributed by atoms with Crippen LogP contribution in [0.2, 0.25) is 0 Å². The Morgan fingerprint density at radius 1 is 1.11 bits per heavy atom. The first kappa shape index (κ1) is 24.3. The van der Waals surface area contributed by atoms with Crippen molar-refractivity contribution < 1.29 is 29.5 Å². The Kier molecular flexibility index (Phi) is 7.11. The van der Waals surface area contributed by atoms with Gasteiger partial charge in [-0.2, -0.15) is 0 Å². The Labute approximate surface area is 201 Å².